The number of carbonyl (C=O) groups is 1. The van der Waals surface area contributed by atoms with Gasteiger partial charge in [0.15, 0.2) is 0 Å². The highest BCUT2D eigenvalue weighted by atomic mass is 16.3. The van der Waals surface area contributed by atoms with E-state index in [0.717, 1.165) is 37.9 Å². The third kappa shape index (κ3) is 4.46. The van der Waals surface area contributed by atoms with Crippen LogP contribution in [0.15, 0.2) is 22.8 Å². The second-order valence-corrected chi connectivity index (χ2v) is 10.4. The summed E-state index contributed by atoms with van der Waals surface area (Å²) in [6.45, 7) is 11.5. The van der Waals surface area contributed by atoms with Gasteiger partial charge in [-0.1, -0.05) is 27.7 Å². The van der Waals surface area contributed by atoms with Crippen LogP contribution in [0.5, 0.6) is 0 Å². The van der Waals surface area contributed by atoms with Crippen LogP contribution in [0.25, 0.3) is 0 Å². The zero-order chi connectivity index (χ0) is 20.6. The molecule has 1 amide bonds. The largest absolute Gasteiger partial charge is 0.467 e. The van der Waals surface area contributed by atoms with Crippen molar-refractivity contribution in [3.8, 4) is 0 Å². The van der Waals surface area contributed by atoms with Gasteiger partial charge in [-0.3, -0.25) is 4.79 Å². The van der Waals surface area contributed by atoms with E-state index in [1.54, 1.807) is 6.26 Å². The maximum atomic E-state index is 12.6. The summed E-state index contributed by atoms with van der Waals surface area (Å²) in [4.78, 5) is 12.6. The zero-order valence-electron chi connectivity index (χ0n) is 18.2. The van der Waals surface area contributed by atoms with Gasteiger partial charge in [0.1, 0.15) is 5.76 Å². The Morgan fingerprint density at radius 1 is 1.29 bits per heavy atom. The van der Waals surface area contributed by atoms with E-state index in [1.807, 2.05) is 19.1 Å². The Kier molecular flexibility index (Phi) is 5.98. The highest BCUT2D eigenvalue weighted by Gasteiger charge is 2.61. The van der Waals surface area contributed by atoms with Gasteiger partial charge in [0.2, 0.25) is 5.91 Å². The second-order valence-electron chi connectivity index (χ2n) is 10.4. The molecule has 0 radical (unpaired) electrons. The van der Waals surface area contributed by atoms with E-state index in [0.29, 0.717) is 31.0 Å². The van der Waals surface area contributed by atoms with Gasteiger partial charge in [0.25, 0.3) is 0 Å². The fourth-order valence-corrected chi connectivity index (χ4v) is 5.90. The van der Waals surface area contributed by atoms with Crippen LogP contribution in [0.3, 0.4) is 0 Å². The van der Waals surface area contributed by atoms with Crippen LogP contribution in [0.1, 0.15) is 78.9 Å². The third-order valence-electron chi connectivity index (χ3n) is 7.23. The van der Waals surface area contributed by atoms with Gasteiger partial charge in [0.05, 0.1) is 18.4 Å². The van der Waals surface area contributed by atoms with Crippen molar-refractivity contribution < 1.29 is 14.3 Å². The monoisotopic (exact) mass is 390 g/mol. The van der Waals surface area contributed by atoms with E-state index in [4.69, 9.17) is 4.42 Å². The Bertz CT molecular complexity index is 665. The summed E-state index contributed by atoms with van der Waals surface area (Å²) in [5.41, 5.74) is -0.376. The van der Waals surface area contributed by atoms with E-state index in [-0.39, 0.29) is 16.7 Å². The predicted molar refractivity (Wildman–Crippen MR) is 111 cm³/mol. The van der Waals surface area contributed by atoms with Gasteiger partial charge in [-0.05, 0) is 67.9 Å². The van der Waals surface area contributed by atoms with E-state index in [9.17, 15) is 9.90 Å². The number of carbonyl (C=O) groups excluding carboxylic acids is 1. The number of hydrogen-bond donors (Lipinski definition) is 3. The molecule has 4 atom stereocenters. The van der Waals surface area contributed by atoms with Gasteiger partial charge in [-0.15, -0.1) is 0 Å². The van der Waals surface area contributed by atoms with Crippen molar-refractivity contribution in [2.24, 2.45) is 16.7 Å². The first-order valence-corrected chi connectivity index (χ1v) is 10.8. The topological polar surface area (TPSA) is 74.5 Å². The Balaban J connectivity index is 1.73. The SMILES string of the molecule is CC(C)N[C@@H]1CC(C)(C)[C@H]2C[C@@](C)(O)CC[C@@]21CCC(=O)NCc1ccco1. The van der Waals surface area contributed by atoms with Crippen molar-refractivity contribution in [2.45, 2.75) is 97.4 Å². The molecule has 0 aromatic carbocycles. The molecule has 2 saturated carbocycles. The molecule has 28 heavy (non-hydrogen) atoms. The van der Waals surface area contributed by atoms with Crippen molar-refractivity contribution in [1.29, 1.82) is 0 Å². The first-order valence-electron chi connectivity index (χ1n) is 10.8. The molecule has 0 spiro atoms. The summed E-state index contributed by atoms with van der Waals surface area (Å²) >= 11 is 0. The van der Waals surface area contributed by atoms with Crippen LogP contribution in [0, 0.1) is 16.7 Å². The van der Waals surface area contributed by atoms with Crippen LogP contribution < -0.4 is 10.6 Å². The molecule has 0 aliphatic heterocycles. The summed E-state index contributed by atoms with van der Waals surface area (Å²) < 4.78 is 5.30. The molecule has 0 bridgehead atoms. The standard InChI is InChI=1S/C23H38N2O3/c1-16(2)25-19-14-21(3,4)18-13-22(5,27)10-11-23(18,19)9-8-20(26)24-15-17-7-6-12-28-17/h6-7,12,16,18-19,25,27H,8-11,13-15H2,1-5H3,(H,24,26)/t18-,19-,22+,23+/m1/s1. The minimum absolute atomic E-state index is 0.0675. The molecule has 0 unspecified atom stereocenters. The average Bonchev–Trinajstić information content (AvgIpc) is 3.17. The normalized spacial score (nSPS) is 34.4. The number of amides is 1. The third-order valence-corrected chi connectivity index (χ3v) is 7.23. The highest BCUT2D eigenvalue weighted by Crippen LogP contribution is 2.63. The molecular weight excluding hydrogens is 352 g/mol. The molecule has 1 aromatic rings. The number of hydrogen-bond acceptors (Lipinski definition) is 4. The van der Waals surface area contributed by atoms with Crippen LogP contribution in [0.2, 0.25) is 0 Å². The number of rotatable bonds is 7. The summed E-state index contributed by atoms with van der Waals surface area (Å²) in [7, 11) is 0. The molecule has 1 heterocycles. The number of aliphatic hydroxyl groups is 1. The van der Waals surface area contributed by atoms with E-state index < -0.39 is 5.60 Å². The number of nitrogens with one attached hydrogen (secondary N) is 2. The molecule has 2 aliphatic carbocycles. The zero-order valence-corrected chi connectivity index (χ0v) is 18.2. The summed E-state index contributed by atoms with van der Waals surface area (Å²) in [6.07, 6.45) is 6.72. The highest BCUT2D eigenvalue weighted by molar-refractivity contribution is 5.75. The van der Waals surface area contributed by atoms with Crippen molar-refractivity contribution in [3.63, 3.8) is 0 Å². The van der Waals surface area contributed by atoms with Crippen molar-refractivity contribution in [1.82, 2.24) is 10.6 Å². The smallest absolute Gasteiger partial charge is 0.220 e. The lowest BCUT2D eigenvalue weighted by atomic mass is 9.57. The molecule has 5 nitrogen and oxygen atoms in total. The molecule has 1 aromatic heterocycles. The van der Waals surface area contributed by atoms with Crippen LogP contribution in [-0.2, 0) is 11.3 Å². The van der Waals surface area contributed by atoms with Crippen LogP contribution >= 0.6 is 0 Å². The van der Waals surface area contributed by atoms with Gasteiger partial charge in [-0.2, -0.15) is 0 Å². The average molecular weight is 391 g/mol. The summed E-state index contributed by atoms with van der Waals surface area (Å²) in [5, 5.41) is 17.6. The fraction of sp³-hybridized carbons (Fsp3) is 0.783. The Morgan fingerprint density at radius 2 is 2.04 bits per heavy atom. The predicted octanol–water partition coefficient (Wildman–Crippen LogP) is 4.01. The molecule has 0 saturated heterocycles. The fourth-order valence-electron chi connectivity index (χ4n) is 5.90. The van der Waals surface area contributed by atoms with Gasteiger partial charge < -0.3 is 20.2 Å². The molecule has 3 rings (SSSR count). The Morgan fingerprint density at radius 3 is 2.68 bits per heavy atom. The van der Waals surface area contributed by atoms with E-state index in [2.05, 4.69) is 38.3 Å². The quantitative estimate of drug-likeness (QED) is 0.658. The van der Waals surface area contributed by atoms with Gasteiger partial charge >= 0.3 is 0 Å². The first kappa shape index (κ1) is 21.4. The second kappa shape index (κ2) is 7.83. The Labute approximate surface area is 169 Å². The Hall–Kier alpha value is -1.33. The number of fused-ring (bicyclic) bond motifs is 1. The van der Waals surface area contributed by atoms with Crippen LogP contribution in [-0.4, -0.2) is 28.7 Å². The molecular formula is C23H38N2O3. The minimum atomic E-state index is -0.598. The minimum Gasteiger partial charge on any atom is -0.467 e. The van der Waals surface area contributed by atoms with Crippen LogP contribution in [0.4, 0.5) is 0 Å². The van der Waals surface area contributed by atoms with Crippen molar-refractivity contribution in [3.05, 3.63) is 24.2 Å². The maximum Gasteiger partial charge on any atom is 0.220 e. The van der Waals surface area contributed by atoms with Crippen molar-refractivity contribution >= 4 is 5.91 Å². The molecule has 5 heteroatoms. The van der Waals surface area contributed by atoms with Gasteiger partial charge in [0, 0.05) is 18.5 Å². The molecule has 158 valence electrons. The summed E-state index contributed by atoms with van der Waals surface area (Å²) in [6, 6.07) is 4.51. The maximum absolute atomic E-state index is 12.6. The molecule has 2 fully saturated rings. The number of furan rings is 1. The van der Waals surface area contributed by atoms with E-state index in [1.165, 1.54) is 0 Å². The lowest BCUT2D eigenvalue weighted by molar-refractivity contribution is -0.123. The van der Waals surface area contributed by atoms with Gasteiger partial charge in [-0.25, -0.2) is 0 Å². The van der Waals surface area contributed by atoms with Crippen molar-refractivity contribution in [2.75, 3.05) is 0 Å². The van der Waals surface area contributed by atoms with E-state index >= 15 is 0 Å². The lowest BCUT2D eigenvalue weighted by Crippen LogP contribution is -2.52. The first-order chi connectivity index (χ1) is 13.0. The summed E-state index contributed by atoms with van der Waals surface area (Å²) in [5.74, 6) is 1.27. The molecule has 2 aliphatic rings. The molecule has 3 N–H and O–H groups in total. The lowest BCUT2D eigenvalue weighted by Gasteiger charge is -2.51.